The number of hydrogen-bond acceptors (Lipinski definition) is 4. The summed E-state index contributed by atoms with van der Waals surface area (Å²) in [6.45, 7) is 6.18. The van der Waals surface area contributed by atoms with E-state index in [4.69, 9.17) is 5.73 Å². The number of hydrogen-bond donors (Lipinski definition) is 1. The van der Waals surface area contributed by atoms with Gasteiger partial charge in [0.15, 0.2) is 9.84 Å². The molecule has 1 atom stereocenters. The summed E-state index contributed by atoms with van der Waals surface area (Å²) in [5, 5.41) is 4.46. The van der Waals surface area contributed by atoms with Crippen LogP contribution in [0, 0.1) is 0 Å². The van der Waals surface area contributed by atoms with Crippen LogP contribution in [0.4, 0.5) is 5.82 Å². The number of rotatable bonds is 1. The van der Waals surface area contributed by atoms with Crippen molar-refractivity contribution in [2.45, 2.75) is 38.6 Å². The molecule has 1 aliphatic rings. The highest BCUT2D eigenvalue weighted by Crippen LogP contribution is 2.29. The van der Waals surface area contributed by atoms with Gasteiger partial charge in [0.05, 0.1) is 23.2 Å². The van der Waals surface area contributed by atoms with Crippen molar-refractivity contribution in [3.05, 3.63) is 11.8 Å². The van der Waals surface area contributed by atoms with E-state index in [1.165, 1.54) is 0 Å². The average Bonchev–Trinajstić information content (AvgIpc) is 2.68. The van der Waals surface area contributed by atoms with Crippen molar-refractivity contribution in [1.29, 1.82) is 0 Å². The molecule has 17 heavy (non-hydrogen) atoms. The Balaban J connectivity index is 2.32. The fourth-order valence-corrected chi connectivity index (χ4v) is 3.73. The number of sulfone groups is 1. The van der Waals surface area contributed by atoms with E-state index in [-0.39, 0.29) is 23.0 Å². The first-order chi connectivity index (χ1) is 7.69. The molecule has 0 aliphatic carbocycles. The van der Waals surface area contributed by atoms with Crippen molar-refractivity contribution in [2.75, 3.05) is 17.2 Å². The van der Waals surface area contributed by atoms with Crippen LogP contribution in [0.25, 0.3) is 0 Å². The summed E-state index contributed by atoms with van der Waals surface area (Å²) in [7, 11) is -2.90. The van der Waals surface area contributed by atoms with Crippen LogP contribution in [0.3, 0.4) is 0 Å². The quantitative estimate of drug-likeness (QED) is 0.818. The van der Waals surface area contributed by atoms with Gasteiger partial charge in [-0.05, 0) is 6.42 Å². The Morgan fingerprint density at radius 1 is 1.47 bits per heavy atom. The second-order valence-electron chi connectivity index (χ2n) is 5.71. The smallest absolute Gasteiger partial charge is 0.152 e. The highest BCUT2D eigenvalue weighted by atomic mass is 32.2. The van der Waals surface area contributed by atoms with E-state index < -0.39 is 9.84 Å². The van der Waals surface area contributed by atoms with Crippen LogP contribution >= 0.6 is 0 Å². The van der Waals surface area contributed by atoms with Crippen LogP contribution in [0.2, 0.25) is 0 Å². The molecule has 0 spiro atoms. The molecule has 1 fully saturated rings. The zero-order valence-corrected chi connectivity index (χ0v) is 11.3. The summed E-state index contributed by atoms with van der Waals surface area (Å²) in [6, 6.07) is 1.74. The van der Waals surface area contributed by atoms with Gasteiger partial charge in [0.25, 0.3) is 0 Å². The van der Waals surface area contributed by atoms with E-state index in [1.54, 1.807) is 4.68 Å². The van der Waals surface area contributed by atoms with Gasteiger partial charge >= 0.3 is 0 Å². The van der Waals surface area contributed by atoms with Crippen LogP contribution < -0.4 is 5.73 Å². The lowest BCUT2D eigenvalue weighted by molar-refractivity contribution is 0.479. The highest BCUT2D eigenvalue weighted by Gasteiger charge is 2.31. The molecule has 5 nitrogen and oxygen atoms in total. The number of anilines is 1. The minimum absolute atomic E-state index is 0.0726. The lowest BCUT2D eigenvalue weighted by Gasteiger charge is -2.15. The van der Waals surface area contributed by atoms with E-state index in [0.29, 0.717) is 12.2 Å². The van der Waals surface area contributed by atoms with E-state index >= 15 is 0 Å². The second-order valence-corrected chi connectivity index (χ2v) is 7.93. The lowest BCUT2D eigenvalue weighted by Crippen LogP contribution is -2.17. The fourth-order valence-electron chi connectivity index (χ4n) is 2.04. The molecule has 0 amide bonds. The van der Waals surface area contributed by atoms with Gasteiger partial charge in [0.2, 0.25) is 0 Å². The largest absolute Gasteiger partial charge is 0.384 e. The predicted molar refractivity (Wildman–Crippen MR) is 67.6 cm³/mol. The first-order valence-corrected chi connectivity index (χ1v) is 7.57. The normalized spacial score (nSPS) is 24.1. The zero-order chi connectivity index (χ0) is 12.8. The Bertz CT molecular complexity index is 525. The molecule has 0 saturated carbocycles. The Labute approximate surface area is 102 Å². The van der Waals surface area contributed by atoms with Crippen molar-refractivity contribution < 1.29 is 8.42 Å². The highest BCUT2D eigenvalue weighted by molar-refractivity contribution is 7.91. The van der Waals surface area contributed by atoms with E-state index in [1.807, 2.05) is 6.07 Å². The molecule has 2 N–H and O–H groups in total. The van der Waals surface area contributed by atoms with Crippen LogP contribution in [0.1, 0.15) is 38.9 Å². The number of nitrogens with zero attached hydrogens (tertiary/aromatic N) is 2. The third kappa shape index (κ3) is 2.46. The molecule has 1 aliphatic heterocycles. The SMILES string of the molecule is CC(C)(C)c1cc(N)n(C2CCS(=O)(=O)C2)n1. The van der Waals surface area contributed by atoms with Crippen molar-refractivity contribution in [2.24, 2.45) is 0 Å². The molecule has 0 bridgehead atoms. The molecule has 1 unspecified atom stereocenters. The van der Waals surface area contributed by atoms with Gasteiger partial charge in [0, 0.05) is 11.5 Å². The Kier molecular flexibility index (Phi) is 2.72. The van der Waals surface area contributed by atoms with Gasteiger partial charge in [-0.25, -0.2) is 13.1 Å². The van der Waals surface area contributed by atoms with E-state index in [9.17, 15) is 8.42 Å². The standard InChI is InChI=1S/C11H19N3O2S/c1-11(2,3)9-6-10(12)14(13-9)8-4-5-17(15,16)7-8/h6,8H,4-5,7,12H2,1-3H3. The molecule has 0 radical (unpaired) electrons. The Hall–Kier alpha value is -1.04. The summed E-state index contributed by atoms with van der Waals surface area (Å²) in [4.78, 5) is 0. The molecular formula is C11H19N3O2S. The van der Waals surface area contributed by atoms with Gasteiger partial charge < -0.3 is 5.73 Å². The third-order valence-corrected chi connectivity index (χ3v) is 4.84. The Morgan fingerprint density at radius 2 is 2.12 bits per heavy atom. The minimum atomic E-state index is -2.90. The molecule has 96 valence electrons. The number of nitrogens with two attached hydrogens (primary N) is 1. The van der Waals surface area contributed by atoms with E-state index in [0.717, 1.165) is 5.69 Å². The minimum Gasteiger partial charge on any atom is -0.384 e. The summed E-state index contributed by atoms with van der Waals surface area (Å²) in [5.74, 6) is 0.946. The van der Waals surface area contributed by atoms with Crippen molar-refractivity contribution in [3.8, 4) is 0 Å². The van der Waals surface area contributed by atoms with Crippen molar-refractivity contribution in [3.63, 3.8) is 0 Å². The molecule has 2 rings (SSSR count). The first-order valence-electron chi connectivity index (χ1n) is 5.75. The van der Waals surface area contributed by atoms with Crippen LogP contribution in [-0.2, 0) is 15.3 Å². The zero-order valence-electron chi connectivity index (χ0n) is 10.5. The summed E-state index contributed by atoms with van der Waals surface area (Å²) in [5.41, 5.74) is 6.74. The maximum Gasteiger partial charge on any atom is 0.152 e. The molecule has 1 saturated heterocycles. The number of aromatic nitrogens is 2. The van der Waals surface area contributed by atoms with Gasteiger partial charge in [-0.2, -0.15) is 5.10 Å². The summed E-state index contributed by atoms with van der Waals surface area (Å²) < 4.78 is 24.6. The molecule has 6 heteroatoms. The van der Waals surface area contributed by atoms with Gasteiger partial charge in [-0.1, -0.05) is 20.8 Å². The molecule has 0 aromatic carbocycles. The fraction of sp³-hybridized carbons (Fsp3) is 0.727. The Morgan fingerprint density at radius 3 is 2.53 bits per heavy atom. The molecule has 1 aromatic rings. The van der Waals surface area contributed by atoms with Crippen molar-refractivity contribution in [1.82, 2.24) is 9.78 Å². The van der Waals surface area contributed by atoms with Gasteiger partial charge in [-0.15, -0.1) is 0 Å². The number of nitrogen functional groups attached to an aromatic ring is 1. The monoisotopic (exact) mass is 257 g/mol. The second kappa shape index (κ2) is 3.73. The van der Waals surface area contributed by atoms with Crippen LogP contribution in [0.5, 0.6) is 0 Å². The van der Waals surface area contributed by atoms with Crippen LogP contribution in [-0.4, -0.2) is 29.7 Å². The van der Waals surface area contributed by atoms with Gasteiger partial charge in [-0.3, -0.25) is 0 Å². The maximum absolute atomic E-state index is 11.4. The van der Waals surface area contributed by atoms with Gasteiger partial charge in [0.1, 0.15) is 5.82 Å². The first kappa shape index (κ1) is 12.4. The average molecular weight is 257 g/mol. The summed E-state index contributed by atoms with van der Waals surface area (Å²) in [6.07, 6.45) is 0.609. The lowest BCUT2D eigenvalue weighted by atomic mass is 9.92. The molecule has 2 heterocycles. The topological polar surface area (TPSA) is 78.0 Å². The molecule has 1 aromatic heterocycles. The maximum atomic E-state index is 11.4. The predicted octanol–water partition coefficient (Wildman–Crippen LogP) is 1.12. The third-order valence-electron chi connectivity index (χ3n) is 3.09. The van der Waals surface area contributed by atoms with Crippen molar-refractivity contribution >= 4 is 15.7 Å². The van der Waals surface area contributed by atoms with Crippen LogP contribution in [0.15, 0.2) is 6.07 Å². The molecular weight excluding hydrogens is 238 g/mol. The van der Waals surface area contributed by atoms with E-state index in [2.05, 4.69) is 25.9 Å². The summed E-state index contributed by atoms with van der Waals surface area (Å²) >= 11 is 0.